The molecule has 1 rings (SSSR count). The SMILES string of the molecule is C=CCOC[C@@H](O)CN1CCN(CC)CC1. The van der Waals surface area contributed by atoms with E-state index < -0.39 is 0 Å². The van der Waals surface area contributed by atoms with Gasteiger partial charge in [0.1, 0.15) is 0 Å². The summed E-state index contributed by atoms with van der Waals surface area (Å²) in [6.07, 6.45) is 1.32. The van der Waals surface area contributed by atoms with Gasteiger partial charge in [-0.25, -0.2) is 0 Å². The van der Waals surface area contributed by atoms with Crippen molar-refractivity contribution < 1.29 is 9.84 Å². The van der Waals surface area contributed by atoms with Crippen LogP contribution in [0.2, 0.25) is 0 Å². The number of ether oxygens (including phenoxy) is 1. The second-order valence-corrected chi connectivity index (χ2v) is 4.21. The largest absolute Gasteiger partial charge is 0.389 e. The second-order valence-electron chi connectivity index (χ2n) is 4.21. The molecule has 0 saturated carbocycles. The number of rotatable bonds is 7. The Bertz CT molecular complexity index is 191. The Morgan fingerprint density at radius 3 is 2.50 bits per heavy atom. The monoisotopic (exact) mass is 228 g/mol. The van der Waals surface area contributed by atoms with Crippen molar-refractivity contribution >= 4 is 0 Å². The third-order valence-corrected chi connectivity index (χ3v) is 2.93. The lowest BCUT2D eigenvalue weighted by Crippen LogP contribution is -2.48. The van der Waals surface area contributed by atoms with Crippen LogP contribution in [0, 0.1) is 0 Å². The first-order valence-electron chi connectivity index (χ1n) is 6.07. The van der Waals surface area contributed by atoms with Crippen molar-refractivity contribution in [2.24, 2.45) is 0 Å². The molecule has 1 atom stereocenters. The van der Waals surface area contributed by atoms with Gasteiger partial charge in [0.15, 0.2) is 0 Å². The third-order valence-electron chi connectivity index (χ3n) is 2.93. The van der Waals surface area contributed by atoms with Gasteiger partial charge in [0, 0.05) is 32.7 Å². The number of nitrogens with zero attached hydrogens (tertiary/aromatic N) is 2. The van der Waals surface area contributed by atoms with E-state index in [1.165, 1.54) is 0 Å². The Kier molecular flexibility index (Phi) is 6.64. The highest BCUT2D eigenvalue weighted by molar-refractivity contribution is 4.73. The van der Waals surface area contributed by atoms with E-state index in [-0.39, 0.29) is 6.10 Å². The van der Waals surface area contributed by atoms with Gasteiger partial charge in [-0.2, -0.15) is 0 Å². The van der Waals surface area contributed by atoms with Gasteiger partial charge in [-0.1, -0.05) is 13.0 Å². The van der Waals surface area contributed by atoms with E-state index in [9.17, 15) is 5.11 Å². The zero-order valence-corrected chi connectivity index (χ0v) is 10.3. The molecule has 94 valence electrons. The van der Waals surface area contributed by atoms with Gasteiger partial charge in [-0.3, -0.25) is 4.90 Å². The average Bonchev–Trinajstić information content (AvgIpc) is 2.30. The molecule has 16 heavy (non-hydrogen) atoms. The summed E-state index contributed by atoms with van der Waals surface area (Å²) in [5, 5.41) is 9.74. The van der Waals surface area contributed by atoms with Crippen LogP contribution in [-0.4, -0.2) is 73.5 Å². The molecule has 4 heteroatoms. The van der Waals surface area contributed by atoms with Crippen LogP contribution in [0.3, 0.4) is 0 Å². The normalized spacial score (nSPS) is 20.9. The molecule has 0 spiro atoms. The molecule has 0 radical (unpaired) electrons. The summed E-state index contributed by atoms with van der Waals surface area (Å²) in [6, 6.07) is 0. The molecule has 0 unspecified atom stereocenters. The number of hydrogen-bond acceptors (Lipinski definition) is 4. The Morgan fingerprint density at radius 1 is 1.31 bits per heavy atom. The number of likely N-dealkylation sites (N-methyl/N-ethyl adjacent to an activating group) is 1. The van der Waals surface area contributed by atoms with E-state index in [1.54, 1.807) is 6.08 Å². The lowest BCUT2D eigenvalue weighted by atomic mass is 10.2. The number of hydrogen-bond donors (Lipinski definition) is 1. The van der Waals surface area contributed by atoms with Gasteiger partial charge < -0.3 is 14.7 Å². The quantitative estimate of drug-likeness (QED) is 0.498. The minimum atomic E-state index is -0.381. The molecule has 1 aliphatic heterocycles. The van der Waals surface area contributed by atoms with Crippen LogP contribution in [0.15, 0.2) is 12.7 Å². The van der Waals surface area contributed by atoms with Crippen molar-refractivity contribution in [3.8, 4) is 0 Å². The summed E-state index contributed by atoms with van der Waals surface area (Å²) in [5.74, 6) is 0. The molecule has 1 fully saturated rings. The summed E-state index contributed by atoms with van der Waals surface area (Å²) in [5.41, 5.74) is 0. The minimum absolute atomic E-state index is 0.381. The molecular formula is C12H24N2O2. The van der Waals surface area contributed by atoms with Crippen molar-refractivity contribution in [1.82, 2.24) is 9.80 Å². The number of aliphatic hydroxyl groups excluding tert-OH is 1. The fourth-order valence-electron chi connectivity index (χ4n) is 1.93. The van der Waals surface area contributed by atoms with E-state index in [4.69, 9.17) is 4.74 Å². The maximum atomic E-state index is 9.74. The predicted octanol–water partition coefficient (Wildman–Crippen LogP) is 0.187. The predicted molar refractivity (Wildman–Crippen MR) is 65.6 cm³/mol. The maximum Gasteiger partial charge on any atom is 0.0900 e. The van der Waals surface area contributed by atoms with Crippen molar-refractivity contribution in [2.75, 3.05) is 52.5 Å². The van der Waals surface area contributed by atoms with Crippen LogP contribution in [0.1, 0.15) is 6.92 Å². The van der Waals surface area contributed by atoms with E-state index in [0.29, 0.717) is 19.8 Å². The highest BCUT2D eigenvalue weighted by Crippen LogP contribution is 2.02. The Morgan fingerprint density at radius 2 is 1.94 bits per heavy atom. The highest BCUT2D eigenvalue weighted by Gasteiger charge is 2.17. The summed E-state index contributed by atoms with van der Waals surface area (Å²) < 4.78 is 5.22. The van der Waals surface area contributed by atoms with Crippen LogP contribution in [-0.2, 0) is 4.74 Å². The van der Waals surface area contributed by atoms with Gasteiger partial charge in [0.05, 0.1) is 19.3 Å². The van der Waals surface area contributed by atoms with E-state index in [2.05, 4.69) is 23.3 Å². The zero-order valence-electron chi connectivity index (χ0n) is 10.3. The van der Waals surface area contributed by atoms with Crippen LogP contribution >= 0.6 is 0 Å². The lowest BCUT2D eigenvalue weighted by molar-refractivity contribution is 0.0154. The fraction of sp³-hybridized carbons (Fsp3) is 0.833. The molecule has 1 saturated heterocycles. The Balaban J connectivity index is 2.10. The van der Waals surface area contributed by atoms with Gasteiger partial charge in [-0.05, 0) is 6.54 Å². The number of aliphatic hydroxyl groups is 1. The van der Waals surface area contributed by atoms with Crippen LogP contribution < -0.4 is 0 Å². The van der Waals surface area contributed by atoms with E-state index in [1.807, 2.05) is 0 Å². The Hall–Kier alpha value is -0.420. The number of piperazine rings is 1. The van der Waals surface area contributed by atoms with Crippen molar-refractivity contribution in [3.63, 3.8) is 0 Å². The standard InChI is InChI=1S/C12H24N2O2/c1-3-9-16-11-12(15)10-14-7-5-13(4-2)6-8-14/h3,12,15H,1,4-11H2,2H3/t12-/m0/s1. The molecule has 1 N–H and O–H groups in total. The van der Waals surface area contributed by atoms with Crippen LogP contribution in [0.5, 0.6) is 0 Å². The number of β-amino-alcohol motifs (C(OH)–C–C–N with tert-alkyl or cyclic N) is 1. The van der Waals surface area contributed by atoms with Crippen molar-refractivity contribution in [3.05, 3.63) is 12.7 Å². The smallest absolute Gasteiger partial charge is 0.0900 e. The topological polar surface area (TPSA) is 35.9 Å². The summed E-state index contributed by atoms with van der Waals surface area (Å²) in [4.78, 5) is 4.73. The summed E-state index contributed by atoms with van der Waals surface area (Å²) in [7, 11) is 0. The van der Waals surface area contributed by atoms with Crippen LogP contribution in [0.25, 0.3) is 0 Å². The maximum absolute atomic E-state index is 9.74. The zero-order chi connectivity index (χ0) is 11.8. The highest BCUT2D eigenvalue weighted by atomic mass is 16.5. The average molecular weight is 228 g/mol. The first-order valence-corrected chi connectivity index (χ1v) is 6.07. The molecular weight excluding hydrogens is 204 g/mol. The molecule has 0 aromatic rings. The molecule has 1 aliphatic rings. The van der Waals surface area contributed by atoms with Gasteiger partial charge in [-0.15, -0.1) is 6.58 Å². The van der Waals surface area contributed by atoms with Crippen molar-refractivity contribution in [1.29, 1.82) is 0 Å². The third kappa shape index (κ3) is 5.07. The Labute approximate surface area is 98.5 Å². The first-order chi connectivity index (χ1) is 7.76. The first kappa shape index (κ1) is 13.6. The summed E-state index contributed by atoms with van der Waals surface area (Å²) >= 11 is 0. The van der Waals surface area contributed by atoms with E-state index >= 15 is 0 Å². The molecule has 0 bridgehead atoms. The van der Waals surface area contributed by atoms with Crippen LogP contribution in [0.4, 0.5) is 0 Å². The summed E-state index contributed by atoms with van der Waals surface area (Å²) in [6.45, 7) is 12.8. The molecule has 1 heterocycles. The van der Waals surface area contributed by atoms with Crippen molar-refractivity contribution in [2.45, 2.75) is 13.0 Å². The van der Waals surface area contributed by atoms with Gasteiger partial charge in [0.2, 0.25) is 0 Å². The molecule has 0 aliphatic carbocycles. The fourth-order valence-corrected chi connectivity index (χ4v) is 1.93. The van der Waals surface area contributed by atoms with Gasteiger partial charge in [0.25, 0.3) is 0 Å². The van der Waals surface area contributed by atoms with E-state index in [0.717, 1.165) is 32.7 Å². The molecule has 0 amide bonds. The van der Waals surface area contributed by atoms with Gasteiger partial charge >= 0.3 is 0 Å². The molecule has 0 aromatic carbocycles. The molecule has 0 aromatic heterocycles. The molecule has 4 nitrogen and oxygen atoms in total. The lowest BCUT2D eigenvalue weighted by Gasteiger charge is -2.34. The minimum Gasteiger partial charge on any atom is -0.389 e. The second kappa shape index (κ2) is 7.79.